The first kappa shape index (κ1) is 16.9. The number of ether oxygens (including phenoxy) is 1. The van der Waals surface area contributed by atoms with E-state index in [1.54, 1.807) is 4.90 Å². The first-order valence-electron chi connectivity index (χ1n) is 7.71. The fourth-order valence-electron chi connectivity index (χ4n) is 2.77. The predicted molar refractivity (Wildman–Crippen MR) is 85.4 cm³/mol. The molecule has 1 atom stereocenters. The largest absolute Gasteiger partial charge is 0.389 e. The number of hydrogen-bond acceptors (Lipinski definition) is 4. The summed E-state index contributed by atoms with van der Waals surface area (Å²) in [7, 11) is 1.82. The van der Waals surface area contributed by atoms with E-state index in [2.05, 4.69) is 0 Å². The highest BCUT2D eigenvalue weighted by molar-refractivity contribution is 5.86. The summed E-state index contributed by atoms with van der Waals surface area (Å²) >= 11 is 0. The topological polar surface area (TPSA) is 53.0 Å². The van der Waals surface area contributed by atoms with E-state index in [-0.39, 0.29) is 12.5 Å². The fraction of sp³-hybridized carbons (Fsp3) is 0.588. The molecule has 0 spiro atoms. The molecule has 1 N–H and O–H groups in total. The Balaban J connectivity index is 1.79. The van der Waals surface area contributed by atoms with E-state index in [0.717, 1.165) is 12.1 Å². The van der Waals surface area contributed by atoms with Crippen molar-refractivity contribution < 1.29 is 14.6 Å². The van der Waals surface area contributed by atoms with Crippen molar-refractivity contribution in [1.82, 2.24) is 9.80 Å². The van der Waals surface area contributed by atoms with Crippen molar-refractivity contribution in [3.8, 4) is 0 Å². The average molecular weight is 306 g/mol. The molecule has 0 radical (unpaired) electrons. The first-order valence-corrected chi connectivity index (χ1v) is 7.71. The normalized spacial score (nSPS) is 20.2. The van der Waals surface area contributed by atoms with Gasteiger partial charge in [-0.25, -0.2) is 0 Å². The Hall–Kier alpha value is -1.43. The Morgan fingerprint density at radius 1 is 1.27 bits per heavy atom. The monoisotopic (exact) mass is 306 g/mol. The Bertz CT molecular complexity index is 490. The van der Waals surface area contributed by atoms with Crippen molar-refractivity contribution in [1.29, 1.82) is 0 Å². The summed E-state index contributed by atoms with van der Waals surface area (Å²) in [4.78, 5) is 16.0. The zero-order valence-electron chi connectivity index (χ0n) is 13.7. The van der Waals surface area contributed by atoms with Gasteiger partial charge in [0, 0.05) is 26.7 Å². The molecule has 122 valence electrons. The highest BCUT2D eigenvalue weighted by Gasteiger charge is 2.40. The molecule has 1 unspecified atom stereocenters. The maximum absolute atomic E-state index is 12.2. The van der Waals surface area contributed by atoms with Crippen LogP contribution in [0, 0.1) is 0 Å². The lowest BCUT2D eigenvalue weighted by molar-refractivity contribution is -0.148. The Morgan fingerprint density at radius 2 is 1.95 bits per heavy atom. The molecule has 1 saturated heterocycles. The molecule has 1 heterocycles. The molecule has 1 aromatic rings. The van der Waals surface area contributed by atoms with Gasteiger partial charge in [-0.1, -0.05) is 30.3 Å². The fourth-order valence-corrected chi connectivity index (χ4v) is 2.77. The van der Waals surface area contributed by atoms with Crippen LogP contribution in [-0.2, 0) is 16.1 Å². The van der Waals surface area contributed by atoms with Crippen LogP contribution in [0.15, 0.2) is 30.3 Å². The third-order valence-electron chi connectivity index (χ3n) is 4.22. The zero-order valence-corrected chi connectivity index (χ0v) is 13.7. The molecule has 0 aromatic heterocycles. The molecular formula is C17H26N2O3. The van der Waals surface area contributed by atoms with Gasteiger partial charge in [0.2, 0.25) is 5.91 Å². The van der Waals surface area contributed by atoms with Gasteiger partial charge in [0.05, 0.1) is 24.9 Å². The zero-order chi connectivity index (χ0) is 16.2. The van der Waals surface area contributed by atoms with Crippen molar-refractivity contribution in [2.75, 3.05) is 33.3 Å². The lowest BCUT2D eigenvalue weighted by Crippen LogP contribution is -2.63. The smallest absolute Gasteiger partial charge is 0.242 e. The van der Waals surface area contributed by atoms with Gasteiger partial charge in [0.15, 0.2) is 0 Å². The minimum atomic E-state index is -0.598. The van der Waals surface area contributed by atoms with E-state index in [0.29, 0.717) is 19.7 Å². The Morgan fingerprint density at radius 3 is 2.64 bits per heavy atom. The van der Waals surface area contributed by atoms with E-state index >= 15 is 0 Å². The maximum Gasteiger partial charge on any atom is 0.242 e. The summed E-state index contributed by atoms with van der Waals surface area (Å²) in [5.74, 6) is 0.0937. The number of hydrogen-bond donors (Lipinski definition) is 1. The minimum absolute atomic E-state index is 0.0937. The number of amides is 1. The SMILES string of the molecule is CN1CCN(CC(O)COCc2ccccc2)C(C)(C)C1=O. The molecule has 2 rings (SSSR count). The predicted octanol–water partition coefficient (Wildman–Crippen LogP) is 1.12. The number of rotatable bonds is 6. The van der Waals surface area contributed by atoms with E-state index in [1.165, 1.54) is 0 Å². The van der Waals surface area contributed by atoms with E-state index < -0.39 is 11.6 Å². The molecule has 22 heavy (non-hydrogen) atoms. The highest BCUT2D eigenvalue weighted by Crippen LogP contribution is 2.21. The number of aliphatic hydroxyl groups is 1. The van der Waals surface area contributed by atoms with Gasteiger partial charge in [0.1, 0.15) is 0 Å². The first-order chi connectivity index (χ1) is 10.4. The van der Waals surface area contributed by atoms with Crippen molar-refractivity contribution in [2.45, 2.75) is 32.1 Å². The summed E-state index contributed by atoms with van der Waals surface area (Å²) in [6.07, 6.45) is -0.598. The molecule has 1 amide bonds. The molecule has 1 aromatic carbocycles. The van der Waals surface area contributed by atoms with Crippen LogP contribution in [0.1, 0.15) is 19.4 Å². The van der Waals surface area contributed by atoms with Crippen molar-refractivity contribution in [2.24, 2.45) is 0 Å². The van der Waals surface area contributed by atoms with Crippen LogP contribution in [0.4, 0.5) is 0 Å². The highest BCUT2D eigenvalue weighted by atomic mass is 16.5. The lowest BCUT2D eigenvalue weighted by Gasteiger charge is -2.45. The number of aliphatic hydroxyl groups excluding tert-OH is 1. The minimum Gasteiger partial charge on any atom is -0.389 e. The van der Waals surface area contributed by atoms with Gasteiger partial charge in [-0.3, -0.25) is 9.69 Å². The van der Waals surface area contributed by atoms with Crippen LogP contribution >= 0.6 is 0 Å². The maximum atomic E-state index is 12.2. The molecule has 5 nitrogen and oxygen atoms in total. The number of carbonyl (C=O) groups excluding carboxylic acids is 1. The van der Waals surface area contributed by atoms with Gasteiger partial charge < -0.3 is 14.7 Å². The van der Waals surface area contributed by atoms with E-state index in [4.69, 9.17) is 4.74 Å². The Kier molecular flexibility index (Phi) is 5.56. The van der Waals surface area contributed by atoms with Crippen LogP contribution in [0.3, 0.4) is 0 Å². The Labute approximate surface area is 132 Å². The van der Waals surface area contributed by atoms with E-state index in [1.807, 2.05) is 56.1 Å². The van der Waals surface area contributed by atoms with Crippen LogP contribution in [0.2, 0.25) is 0 Å². The van der Waals surface area contributed by atoms with E-state index in [9.17, 15) is 9.90 Å². The molecule has 0 aliphatic carbocycles. The third-order valence-corrected chi connectivity index (χ3v) is 4.22. The quantitative estimate of drug-likeness (QED) is 0.856. The standard InChI is InChI=1S/C17H26N2O3/c1-17(2)16(21)18(3)9-10-19(17)11-15(20)13-22-12-14-7-5-4-6-8-14/h4-8,15,20H,9-13H2,1-3H3. The number of piperazine rings is 1. The van der Waals surface area contributed by atoms with Gasteiger partial charge in [-0.05, 0) is 19.4 Å². The third kappa shape index (κ3) is 4.06. The molecule has 0 bridgehead atoms. The van der Waals surface area contributed by atoms with Crippen LogP contribution in [0.25, 0.3) is 0 Å². The van der Waals surface area contributed by atoms with Crippen LogP contribution in [-0.4, -0.2) is 65.7 Å². The summed E-state index contributed by atoms with van der Waals surface area (Å²) < 4.78 is 5.57. The van der Waals surface area contributed by atoms with Crippen LogP contribution < -0.4 is 0 Å². The van der Waals surface area contributed by atoms with Crippen molar-refractivity contribution in [3.05, 3.63) is 35.9 Å². The van der Waals surface area contributed by atoms with Crippen LogP contribution in [0.5, 0.6) is 0 Å². The second-order valence-corrected chi connectivity index (χ2v) is 6.39. The molecule has 1 aliphatic heterocycles. The second kappa shape index (κ2) is 7.22. The lowest BCUT2D eigenvalue weighted by atomic mass is 9.97. The number of likely N-dealkylation sites (N-methyl/N-ethyl adjacent to an activating group) is 1. The molecule has 0 saturated carbocycles. The van der Waals surface area contributed by atoms with Gasteiger partial charge in [-0.2, -0.15) is 0 Å². The molecule has 1 fully saturated rings. The molecular weight excluding hydrogens is 280 g/mol. The van der Waals surface area contributed by atoms with Crippen molar-refractivity contribution >= 4 is 5.91 Å². The number of nitrogens with zero attached hydrogens (tertiary/aromatic N) is 2. The summed E-state index contributed by atoms with van der Waals surface area (Å²) in [6, 6.07) is 9.88. The summed E-state index contributed by atoms with van der Waals surface area (Å²) in [6.45, 7) is 6.48. The number of carbonyl (C=O) groups is 1. The van der Waals surface area contributed by atoms with Gasteiger partial charge in [0.25, 0.3) is 0 Å². The molecule has 1 aliphatic rings. The van der Waals surface area contributed by atoms with Crippen molar-refractivity contribution in [3.63, 3.8) is 0 Å². The van der Waals surface area contributed by atoms with Gasteiger partial charge >= 0.3 is 0 Å². The molecule has 5 heteroatoms. The summed E-state index contributed by atoms with van der Waals surface area (Å²) in [5.41, 5.74) is 0.512. The summed E-state index contributed by atoms with van der Waals surface area (Å²) in [5, 5.41) is 10.2. The number of benzene rings is 1. The van der Waals surface area contributed by atoms with Gasteiger partial charge in [-0.15, -0.1) is 0 Å². The average Bonchev–Trinajstić information content (AvgIpc) is 2.49. The second-order valence-electron chi connectivity index (χ2n) is 6.39. The number of β-amino-alcohol motifs (C(OH)–C–C–N with tert-alkyl or cyclic N) is 1.